The van der Waals surface area contributed by atoms with Crippen molar-refractivity contribution < 1.29 is 8.91 Å². The molecule has 2 heterocycles. The van der Waals surface area contributed by atoms with Crippen LogP contribution in [0.3, 0.4) is 0 Å². The van der Waals surface area contributed by atoms with E-state index in [1.54, 1.807) is 12.1 Å². The first-order chi connectivity index (χ1) is 12.2. The van der Waals surface area contributed by atoms with Crippen molar-refractivity contribution in [2.24, 2.45) is 0 Å². The molecule has 4 aromatic rings. The van der Waals surface area contributed by atoms with E-state index < -0.39 is 0 Å². The molecule has 1 aliphatic carbocycles. The number of benzene rings is 2. The summed E-state index contributed by atoms with van der Waals surface area (Å²) in [5.74, 6) is 0.435. The number of aromatic amines is 1. The SMILES string of the molecule is Cc1onc(-c2ccc(F)cc2)c1-c1[nH]nc2c1Cc1ccccc1-2. The second-order valence-electron chi connectivity index (χ2n) is 6.23. The average molecular weight is 331 g/mol. The van der Waals surface area contributed by atoms with Gasteiger partial charge in [0.2, 0.25) is 0 Å². The molecule has 0 saturated carbocycles. The fourth-order valence-electron chi connectivity index (χ4n) is 3.53. The van der Waals surface area contributed by atoms with Crippen LogP contribution in [-0.4, -0.2) is 15.4 Å². The van der Waals surface area contributed by atoms with Gasteiger partial charge in [-0.15, -0.1) is 0 Å². The summed E-state index contributed by atoms with van der Waals surface area (Å²) >= 11 is 0. The standard InChI is InChI=1S/C20H14FN3O/c1-11-17(18(24-25-11)12-6-8-14(21)9-7-12)20-16-10-13-4-2-3-5-15(13)19(16)22-23-20/h2-9H,10H2,1H3,(H,22,23). The van der Waals surface area contributed by atoms with Crippen molar-refractivity contribution in [3.05, 3.63) is 71.2 Å². The molecule has 0 amide bonds. The largest absolute Gasteiger partial charge is 0.360 e. The van der Waals surface area contributed by atoms with Gasteiger partial charge >= 0.3 is 0 Å². The summed E-state index contributed by atoms with van der Waals surface area (Å²) in [7, 11) is 0. The maximum atomic E-state index is 13.3. The number of halogens is 1. The lowest BCUT2D eigenvalue weighted by atomic mass is 10.00. The molecular formula is C20H14FN3O. The lowest BCUT2D eigenvalue weighted by Crippen LogP contribution is -1.90. The second kappa shape index (κ2) is 5.14. The number of aryl methyl sites for hydroxylation is 1. The first kappa shape index (κ1) is 14.2. The minimum Gasteiger partial charge on any atom is -0.360 e. The quantitative estimate of drug-likeness (QED) is 0.508. The number of aromatic nitrogens is 3. The molecule has 5 heteroatoms. The van der Waals surface area contributed by atoms with Crippen molar-refractivity contribution in [1.29, 1.82) is 0 Å². The number of H-pyrrole nitrogens is 1. The van der Waals surface area contributed by atoms with Crippen LogP contribution in [0.5, 0.6) is 0 Å². The molecule has 2 aromatic heterocycles. The van der Waals surface area contributed by atoms with E-state index >= 15 is 0 Å². The molecule has 2 aromatic carbocycles. The van der Waals surface area contributed by atoms with E-state index in [1.165, 1.54) is 17.7 Å². The smallest absolute Gasteiger partial charge is 0.143 e. The Bertz CT molecular complexity index is 1090. The molecule has 122 valence electrons. The monoisotopic (exact) mass is 331 g/mol. The number of rotatable bonds is 2. The molecule has 0 fully saturated rings. The third kappa shape index (κ3) is 2.05. The van der Waals surface area contributed by atoms with Gasteiger partial charge in [0.1, 0.15) is 17.3 Å². The molecule has 1 aliphatic rings. The predicted octanol–water partition coefficient (Wildman–Crippen LogP) is 4.75. The molecule has 0 atom stereocenters. The number of nitrogens with one attached hydrogen (secondary N) is 1. The van der Waals surface area contributed by atoms with Crippen molar-refractivity contribution in [3.63, 3.8) is 0 Å². The van der Waals surface area contributed by atoms with Gasteiger partial charge in [-0.3, -0.25) is 5.10 Å². The summed E-state index contributed by atoms with van der Waals surface area (Å²) in [6.07, 6.45) is 0.824. The molecule has 1 N–H and O–H groups in total. The third-order valence-electron chi connectivity index (χ3n) is 4.74. The Morgan fingerprint density at radius 1 is 1.04 bits per heavy atom. The van der Waals surface area contributed by atoms with Crippen molar-refractivity contribution in [2.45, 2.75) is 13.3 Å². The zero-order valence-electron chi connectivity index (χ0n) is 13.5. The lowest BCUT2D eigenvalue weighted by Gasteiger charge is -2.03. The highest BCUT2D eigenvalue weighted by Crippen LogP contribution is 2.43. The molecule has 0 bridgehead atoms. The number of hydrogen-bond acceptors (Lipinski definition) is 3. The Morgan fingerprint density at radius 3 is 2.68 bits per heavy atom. The summed E-state index contributed by atoms with van der Waals surface area (Å²) in [6.45, 7) is 1.88. The first-order valence-electron chi connectivity index (χ1n) is 8.10. The minimum atomic E-state index is -0.275. The highest BCUT2D eigenvalue weighted by atomic mass is 19.1. The van der Waals surface area contributed by atoms with Crippen LogP contribution in [0.2, 0.25) is 0 Å². The van der Waals surface area contributed by atoms with Gasteiger partial charge in [0.15, 0.2) is 0 Å². The van der Waals surface area contributed by atoms with Gasteiger partial charge in [0.05, 0.1) is 17.0 Å². The molecule has 0 saturated heterocycles. The molecule has 25 heavy (non-hydrogen) atoms. The normalized spacial score (nSPS) is 12.2. The first-order valence-corrected chi connectivity index (χ1v) is 8.10. The Hall–Kier alpha value is -3.21. The molecule has 4 nitrogen and oxygen atoms in total. The van der Waals surface area contributed by atoms with Gasteiger partial charge in [0.25, 0.3) is 0 Å². The van der Waals surface area contributed by atoms with E-state index in [9.17, 15) is 4.39 Å². The molecule has 5 rings (SSSR count). The zero-order valence-corrected chi connectivity index (χ0v) is 13.5. The number of hydrogen-bond donors (Lipinski definition) is 1. The van der Waals surface area contributed by atoms with Crippen molar-refractivity contribution >= 4 is 0 Å². The summed E-state index contributed by atoms with van der Waals surface area (Å²) in [5, 5.41) is 11.9. The van der Waals surface area contributed by atoms with Crippen molar-refractivity contribution in [2.75, 3.05) is 0 Å². The van der Waals surface area contributed by atoms with Crippen LogP contribution in [0.1, 0.15) is 16.9 Å². The molecule has 0 unspecified atom stereocenters. The second-order valence-corrected chi connectivity index (χ2v) is 6.23. The zero-order chi connectivity index (χ0) is 17.0. The van der Waals surface area contributed by atoms with E-state index in [-0.39, 0.29) is 5.82 Å². The van der Waals surface area contributed by atoms with Crippen LogP contribution < -0.4 is 0 Å². The van der Waals surface area contributed by atoms with Crippen molar-refractivity contribution in [1.82, 2.24) is 15.4 Å². The topological polar surface area (TPSA) is 54.7 Å². The number of nitrogens with zero attached hydrogens (tertiary/aromatic N) is 2. The molecule has 0 aliphatic heterocycles. The predicted molar refractivity (Wildman–Crippen MR) is 92.5 cm³/mol. The van der Waals surface area contributed by atoms with E-state index in [1.807, 2.05) is 19.1 Å². The van der Waals surface area contributed by atoms with Gasteiger partial charge in [0, 0.05) is 23.1 Å². The Morgan fingerprint density at radius 2 is 1.84 bits per heavy atom. The van der Waals surface area contributed by atoms with Gasteiger partial charge in [-0.05, 0) is 36.8 Å². The van der Waals surface area contributed by atoms with Gasteiger partial charge in [-0.1, -0.05) is 29.4 Å². The summed E-state index contributed by atoms with van der Waals surface area (Å²) < 4.78 is 18.7. The Kier molecular flexibility index (Phi) is 2.91. The highest BCUT2D eigenvalue weighted by molar-refractivity contribution is 5.87. The van der Waals surface area contributed by atoms with Crippen LogP contribution in [0, 0.1) is 12.7 Å². The molecule has 0 radical (unpaired) electrons. The molecule has 0 spiro atoms. The van der Waals surface area contributed by atoms with Gasteiger partial charge < -0.3 is 4.52 Å². The summed E-state index contributed by atoms with van der Waals surface area (Å²) in [6, 6.07) is 14.6. The van der Waals surface area contributed by atoms with Crippen LogP contribution in [-0.2, 0) is 6.42 Å². The van der Waals surface area contributed by atoms with Crippen LogP contribution in [0.25, 0.3) is 33.8 Å². The van der Waals surface area contributed by atoms with Gasteiger partial charge in [-0.2, -0.15) is 5.10 Å². The third-order valence-corrected chi connectivity index (χ3v) is 4.74. The van der Waals surface area contributed by atoms with Crippen LogP contribution in [0.15, 0.2) is 53.1 Å². The lowest BCUT2D eigenvalue weighted by molar-refractivity contribution is 0.400. The highest BCUT2D eigenvalue weighted by Gasteiger charge is 2.28. The summed E-state index contributed by atoms with van der Waals surface area (Å²) in [4.78, 5) is 0. The van der Waals surface area contributed by atoms with Crippen molar-refractivity contribution in [3.8, 4) is 33.8 Å². The van der Waals surface area contributed by atoms with Gasteiger partial charge in [-0.25, -0.2) is 4.39 Å². The summed E-state index contributed by atoms with van der Waals surface area (Å²) in [5.41, 5.74) is 7.88. The van der Waals surface area contributed by atoms with E-state index in [2.05, 4.69) is 27.5 Å². The fourth-order valence-corrected chi connectivity index (χ4v) is 3.53. The maximum absolute atomic E-state index is 13.3. The molecular weight excluding hydrogens is 317 g/mol. The van der Waals surface area contributed by atoms with Crippen LogP contribution >= 0.6 is 0 Å². The van der Waals surface area contributed by atoms with E-state index in [0.29, 0.717) is 11.5 Å². The maximum Gasteiger partial charge on any atom is 0.143 e. The Balaban J connectivity index is 1.68. The van der Waals surface area contributed by atoms with Crippen LogP contribution in [0.4, 0.5) is 4.39 Å². The minimum absolute atomic E-state index is 0.275. The van der Waals surface area contributed by atoms with E-state index in [0.717, 1.165) is 40.1 Å². The van der Waals surface area contributed by atoms with E-state index in [4.69, 9.17) is 4.52 Å². The fraction of sp³-hybridized carbons (Fsp3) is 0.100. The number of fused-ring (bicyclic) bond motifs is 3. The average Bonchev–Trinajstić information content (AvgIpc) is 3.29. The Labute approximate surface area is 143 Å².